The normalized spacial score (nSPS) is 23.2. The summed E-state index contributed by atoms with van der Waals surface area (Å²) in [6.45, 7) is -9.80. The van der Waals surface area contributed by atoms with E-state index in [0.29, 0.717) is 0 Å². The number of carboxylic acid groups (broad SMARTS) is 1. The van der Waals surface area contributed by atoms with Crippen LogP contribution in [-0.2, 0) is 11.3 Å². The Morgan fingerprint density at radius 1 is 1.02 bits per heavy atom. The number of anilines is 1. The number of hydrogen-bond donors (Lipinski definition) is 4. The molecule has 214 valence electrons. The molecule has 0 radical (unpaired) electrons. The van der Waals surface area contributed by atoms with Gasteiger partial charge in [-0.05, 0) is 66.1 Å². The molecule has 0 bridgehead atoms. The van der Waals surface area contributed by atoms with Crippen molar-refractivity contribution in [2.75, 3.05) is 5.31 Å². The van der Waals surface area contributed by atoms with Crippen LogP contribution in [-0.4, -0.2) is 46.8 Å². The van der Waals surface area contributed by atoms with E-state index in [1.54, 1.807) is 0 Å². The molecule has 0 spiro atoms. The summed E-state index contributed by atoms with van der Waals surface area (Å²) >= 11 is 0. The van der Waals surface area contributed by atoms with Crippen LogP contribution < -0.4 is 5.31 Å². The zero-order valence-corrected chi connectivity index (χ0v) is 20.6. The second kappa shape index (κ2) is 13.4. The highest BCUT2D eigenvalue weighted by Crippen LogP contribution is 2.42. The number of aliphatic hydroxyl groups excluding tert-OH is 2. The Hall–Kier alpha value is -4.27. The quantitative estimate of drug-likeness (QED) is 0.139. The lowest BCUT2D eigenvalue weighted by Gasteiger charge is -2.20. The molecular formula is C33H35FN2O5. The van der Waals surface area contributed by atoms with Gasteiger partial charge in [-0.2, -0.15) is 0 Å². The lowest BCUT2D eigenvalue weighted by Crippen LogP contribution is -2.22. The van der Waals surface area contributed by atoms with Crippen LogP contribution in [0.25, 0.3) is 23.8 Å². The first-order valence-electron chi connectivity index (χ1n) is 24.7. The Kier molecular flexibility index (Phi) is 3.44. The summed E-state index contributed by atoms with van der Waals surface area (Å²) in [6.07, 6.45) is -9.66. The molecule has 1 aromatic heterocycles. The number of benzene rings is 3. The highest BCUT2D eigenvalue weighted by molar-refractivity contribution is 6.12. The molecule has 41 heavy (non-hydrogen) atoms. The maximum absolute atomic E-state index is 15.3. The van der Waals surface area contributed by atoms with Gasteiger partial charge >= 0.3 is 5.97 Å². The number of hydrogen-bond acceptors (Lipinski definition) is 5. The number of nitrogens with zero attached hydrogens (tertiary/aromatic N) is 1. The van der Waals surface area contributed by atoms with Gasteiger partial charge in [-0.15, -0.1) is 0 Å². The third-order valence-electron chi connectivity index (χ3n) is 5.43. The summed E-state index contributed by atoms with van der Waals surface area (Å²) in [4.78, 5) is 27.5. The molecule has 1 amide bonds. The summed E-state index contributed by atoms with van der Waals surface area (Å²) in [5.74, 6) is -10.3. The first kappa shape index (κ1) is 10.5. The maximum Gasteiger partial charge on any atom is 0.305 e. The number of aromatic nitrogens is 1. The molecule has 2 atom stereocenters. The van der Waals surface area contributed by atoms with Crippen molar-refractivity contribution in [1.29, 1.82) is 4.29 Å². The Labute approximate surface area is 277 Å². The van der Waals surface area contributed by atoms with Crippen molar-refractivity contribution >= 4 is 17.6 Å². The van der Waals surface area contributed by atoms with Crippen molar-refractivity contribution in [3.05, 3.63) is 102 Å². The zero-order chi connectivity index (χ0) is 52.4. The lowest BCUT2D eigenvalue weighted by molar-refractivity contribution is -0.139. The number of aliphatic carboxylic acids is 1. The summed E-state index contributed by atoms with van der Waals surface area (Å²) in [7, 11) is 0. The number of rotatable bonds is 14. The van der Waals surface area contributed by atoms with E-state index in [0.717, 1.165) is 0 Å². The van der Waals surface area contributed by atoms with Crippen LogP contribution in [0.2, 0.25) is 1.41 Å². The second-order valence-electron chi connectivity index (χ2n) is 8.12. The highest BCUT2D eigenvalue weighted by Gasteiger charge is 2.31. The van der Waals surface area contributed by atoms with E-state index in [-0.39, 0.29) is 4.57 Å². The van der Waals surface area contributed by atoms with Crippen molar-refractivity contribution in [3.63, 3.8) is 0 Å². The van der Waals surface area contributed by atoms with Gasteiger partial charge in [-0.25, -0.2) is 4.39 Å². The molecule has 4 aromatic rings. The number of halogens is 1. The fraction of sp³-hybridized carbons (Fsp3) is 0.273. The van der Waals surface area contributed by atoms with Gasteiger partial charge in [0.15, 0.2) is 1.41 Å². The molecular weight excluding hydrogens is 523 g/mol. The summed E-state index contributed by atoms with van der Waals surface area (Å²) < 4.78 is 242. The van der Waals surface area contributed by atoms with E-state index < -0.39 is 204 Å². The van der Waals surface area contributed by atoms with Gasteiger partial charge in [0.05, 0.1) is 49.0 Å². The fourth-order valence-corrected chi connectivity index (χ4v) is 3.88. The van der Waals surface area contributed by atoms with Crippen molar-refractivity contribution in [1.82, 2.24) is 4.57 Å². The van der Waals surface area contributed by atoms with E-state index in [2.05, 4.69) is 15.3 Å². The van der Waals surface area contributed by atoms with E-state index in [1.807, 2.05) is 0 Å². The average Bonchev–Trinajstić information content (AvgIpc) is 3.59. The van der Waals surface area contributed by atoms with E-state index >= 15 is 9.18 Å². The molecule has 0 aliphatic heterocycles. The average molecular weight is 586 g/mol. The standard InChI is InChI=1S/C33H35FN2O5/c1-21(2)31-30(33(41)35-25-11-7-4-8-12-25)29(22-9-5-3-6-10-22)32(23-13-15-24(34)16-14-23)36(31)18-17-26(37)19-27(38)20-28(39)40/h3-16,21,26-27,37-38H,17-20H2,1-2H3,(H,35,41)(H,39,40)/t26-,27-/m1/s1/i1D3,2D3,3D,4D,5D,6D,7D,8D,9D,10D,11D,12D,13D,14D,15D,16D,20D2,21D,37D,38D/hD2. The van der Waals surface area contributed by atoms with Gasteiger partial charge in [0.2, 0.25) is 2.86 Å². The monoisotopic (exact) mass is 585 g/mol. The third kappa shape index (κ3) is 7.28. The Morgan fingerprint density at radius 3 is 2.34 bits per heavy atom. The van der Waals surface area contributed by atoms with Crippen LogP contribution in [0.5, 0.6) is 0 Å². The SMILES string of the molecule is [2H]OC(=O)C([2H])([2H])[C@@H](C[C@@H](CCn1c(-c2c([2H])c([2H])c(F)c([2H])c2[2H])c(-c2c([2H])c([2H])c([2H])c([2H])c2[2H])c(C(=O)N([2H])c2c([2H])c([2H])c([2H])c([2H])c2[2H])c1C([2H])(C([2H])([2H])[2H])C([2H])([2H])[2H])O[2H])O[2H]. The Bertz CT molecular complexity index is 2590. The Morgan fingerprint density at radius 2 is 1.71 bits per heavy atom. The molecule has 7 nitrogen and oxygen atoms in total. The van der Waals surface area contributed by atoms with E-state index in [1.165, 1.54) is 0 Å². The molecule has 3 aromatic carbocycles. The molecule has 4 rings (SSSR count). The van der Waals surface area contributed by atoms with Crippen LogP contribution in [0.15, 0.2) is 84.6 Å². The molecule has 0 fully saturated rings. The molecule has 0 aliphatic rings. The van der Waals surface area contributed by atoms with Gasteiger partial charge in [0, 0.05) is 35.8 Å². The highest BCUT2D eigenvalue weighted by atomic mass is 19.1. The van der Waals surface area contributed by atoms with E-state index in [4.69, 9.17) is 35.9 Å². The third-order valence-corrected chi connectivity index (χ3v) is 5.43. The minimum absolute atomic E-state index is 0.266. The number of aliphatic hydroxyl groups is 2. The summed E-state index contributed by atoms with van der Waals surface area (Å²) in [6, 6.07) is -18.3. The second-order valence-corrected chi connectivity index (χ2v) is 8.12. The minimum atomic E-state index is -4.33. The molecule has 8 heteroatoms. The minimum Gasteiger partial charge on any atom is -0.481 e. The van der Waals surface area contributed by atoms with Crippen molar-refractivity contribution < 1.29 is 62.2 Å². The van der Waals surface area contributed by atoms with Crippen LogP contribution in [0, 0.1) is 5.82 Å². The topological polar surface area (TPSA) is 112 Å². The molecule has 1 heterocycles. The van der Waals surface area contributed by atoms with Crippen LogP contribution in [0.1, 0.15) is 86.4 Å². The number of para-hydroxylation sites is 1. The predicted octanol–water partition coefficient (Wildman–Crippen LogP) is 6.31. The molecule has 4 N–H and O–H groups in total. The molecule has 0 unspecified atom stereocenters. The van der Waals surface area contributed by atoms with Gasteiger partial charge in [-0.1, -0.05) is 62.0 Å². The summed E-state index contributed by atoms with van der Waals surface area (Å²) in [5.41, 5.74) is -9.95. The fourth-order valence-electron chi connectivity index (χ4n) is 3.88. The van der Waals surface area contributed by atoms with Crippen molar-refractivity contribution in [3.8, 4) is 22.4 Å². The van der Waals surface area contributed by atoms with Crippen LogP contribution >= 0.6 is 0 Å². The zero-order valence-electron chi connectivity index (χ0n) is 47.6. The number of carbonyl (C=O) groups excluding carboxylic acids is 1. The first-order chi connectivity index (χ1) is 31.1. The smallest absolute Gasteiger partial charge is 0.305 e. The van der Waals surface area contributed by atoms with Crippen molar-refractivity contribution in [2.45, 2.75) is 57.6 Å². The van der Waals surface area contributed by atoms with Crippen molar-refractivity contribution in [2.24, 2.45) is 0 Å². The predicted molar refractivity (Wildman–Crippen MR) is 157 cm³/mol. The molecule has 0 aliphatic carbocycles. The van der Waals surface area contributed by atoms with Crippen LogP contribution in [0.3, 0.4) is 0 Å². The summed E-state index contributed by atoms with van der Waals surface area (Å²) in [5, 5.41) is 12.1. The van der Waals surface area contributed by atoms with Gasteiger partial charge in [-0.3, -0.25) is 9.59 Å². The van der Waals surface area contributed by atoms with Gasteiger partial charge in [0.25, 0.3) is 7.34 Å². The Balaban J connectivity index is 2.50. The van der Waals surface area contributed by atoms with Crippen LogP contribution in [0.4, 0.5) is 10.1 Å². The van der Waals surface area contributed by atoms with Gasteiger partial charge < -0.3 is 25.2 Å². The largest absolute Gasteiger partial charge is 0.481 e. The first-order valence-corrected chi connectivity index (χ1v) is 11.5. The number of nitrogens with one attached hydrogen (secondary N) is 1. The van der Waals surface area contributed by atoms with Gasteiger partial charge in [0.1, 0.15) is 5.82 Å². The lowest BCUT2D eigenvalue weighted by atomic mass is 9.94. The van der Waals surface area contributed by atoms with E-state index in [9.17, 15) is 6.17 Å². The number of carbonyl (C=O) groups is 2. The number of amides is 1. The molecule has 0 saturated heterocycles. The maximum atomic E-state index is 15.3. The molecule has 0 saturated carbocycles. The number of carboxylic acids is 1.